The van der Waals surface area contributed by atoms with Gasteiger partial charge in [-0.25, -0.2) is 4.98 Å². The van der Waals surface area contributed by atoms with E-state index in [2.05, 4.69) is 10.1 Å². The molecule has 0 spiro atoms. The quantitative estimate of drug-likeness (QED) is 0.807. The summed E-state index contributed by atoms with van der Waals surface area (Å²) in [4.78, 5) is 17.2. The van der Waals surface area contributed by atoms with Crippen LogP contribution in [-0.2, 0) is 11.0 Å². The van der Waals surface area contributed by atoms with Gasteiger partial charge in [-0.2, -0.15) is 18.3 Å². The number of nitrogens with zero attached hydrogens (tertiary/aromatic N) is 4. The number of halogens is 3. The minimum atomic E-state index is -4.57. The van der Waals surface area contributed by atoms with Crippen LogP contribution in [0.5, 0.6) is 0 Å². The number of nitrogens with two attached hydrogens (primary N) is 1. The van der Waals surface area contributed by atoms with Crippen LogP contribution in [0.25, 0.3) is 11.3 Å². The van der Waals surface area contributed by atoms with E-state index in [9.17, 15) is 18.0 Å². The van der Waals surface area contributed by atoms with E-state index in [1.807, 2.05) is 36.5 Å². The van der Waals surface area contributed by atoms with Crippen LogP contribution in [0.3, 0.4) is 0 Å². The average molecular weight is 421 g/mol. The van der Waals surface area contributed by atoms with Crippen molar-refractivity contribution in [3.05, 3.63) is 29.6 Å². The number of carbonyl (C=O) groups excluding carboxylic acids is 1. The van der Waals surface area contributed by atoms with Gasteiger partial charge in [-0.1, -0.05) is 0 Å². The molecular formula is C21H26F3N5O. The van der Waals surface area contributed by atoms with Gasteiger partial charge in [0.25, 0.3) is 0 Å². The Labute approximate surface area is 173 Å². The van der Waals surface area contributed by atoms with E-state index in [0.717, 1.165) is 24.6 Å². The summed E-state index contributed by atoms with van der Waals surface area (Å²) in [5, 5.41) is 4.61. The lowest BCUT2D eigenvalue weighted by atomic mass is 10.0. The van der Waals surface area contributed by atoms with Crippen molar-refractivity contribution in [2.75, 3.05) is 12.8 Å². The molecule has 2 aliphatic rings. The van der Waals surface area contributed by atoms with Gasteiger partial charge in [0, 0.05) is 49.4 Å². The van der Waals surface area contributed by atoms with Crippen LogP contribution in [0.15, 0.2) is 18.3 Å². The zero-order valence-electron chi connectivity index (χ0n) is 17.4. The first kappa shape index (κ1) is 20.7. The fourth-order valence-corrected chi connectivity index (χ4v) is 4.88. The highest BCUT2D eigenvalue weighted by atomic mass is 19.4. The van der Waals surface area contributed by atoms with Crippen LogP contribution in [-0.4, -0.2) is 38.7 Å². The van der Waals surface area contributed by atoms with Gasteiger partial charge in [0.15, 0.2) is 0 Å². The van der Waals surface area contributed by atoms with Crippen LogP contribution in [0.2, 0.25) is 0 Å². The lowest BCUT2D eigenvalue weighted by Crippen LogP contribution is -2.34. The van der Waals surface area contributed by atoms with Crippen LogP contribution >= 0.6 is 0 Å². The number of nitrogen functional groups attached to an aromatic ring is 1. The summed E-state index contributed by atoms with van der Waals surface area (Å²) in [6.07, 6.45) is -1.33. The Morgan fingerprint density at radius 1 is 1.27 bits per heavy atom. The molecule has 0 radical (unpaired) electrons. The number of carbonyl (C=O) groups is 1. The van der Waals surface area contributed by atoms with Crippen molar-refractivity contribution in [1.82, 2.24) is 19.7 Å². The molecule has 2 aromatic heterocycles. The van der Waals surface area contributed by atoms with E-state index >= 15 is 0 Å². The SMILES string of the molecule is CC(=O)N(C)C1C[C@@H]2C(c3cc(-c4cnc(N)c(C(F)(F)F)c4)nn3C(C)C)[C@@H]2C1. The van der Waals surface area contributed by atoms with Crippen molar-refractivity contribution < 1.29 is 18.0 Å². The average Bonchev–Trinajstić information content (AvgIpc) is 3.02. The van der Waals surface area contributed by atoms with Gasteiger partial charge in [-0.05, 0) is 50.7 Å². The molecule has 2 saturated carbocycles. The Bertz CT molecular complexity index is 972. The Hall–Kier alpha value is -2.58. The van der Waals surface area contributed by atoms with Crippen molar-refractivity contribution in [1.29, 1.82) is 0 Å². The monoisotopic (exact) mass is 421 g/mol. The molecule has 9 heteroatoms. The first-order valence-corrected chi connectivity index (χ1v) is 10.1. The summed E-state index contributed by atoms with van der Waals surface area (Å²) >= 11 is 0. The van der Waals surface area contributed by atoms with E-state index in [1.54, 1.807) is 6.92 Å². The van der Waals surface area contributed by atoms with E-state index < -0.39 is 17.6 Å². The summed E-state index contributed by atoms with van der Waals surface area (Å²) in [6, 6.07) is 3.25. The largest absolute Gasteiger partial charge is 0.419 e. The van der Waals surface area contributed by atoms with Crippen LogP contribution in [0, 0.1) is 11.8 Å². The van der Waals surface area contributed by atoms with E-state index in [0.29, 0.717) is 29.0 Å². The van der Waals surface area contributed by atoms with Gasteiger partial charge in [0.05, 0.1) is 11.3 Å². The second-order valence-electron chi connectivity index (χ2n) is 8.76. The molecule has 2 N–H and O–H groups in total. The summed E-state index contributed by atoms with van der Waals surface area (Å²) in [5.74, 6) is 0.827. The number of alkyl halides is 3. The molecule has 0 bridgehead atoms. The first-order chi connectivity index (χ1) is 14.0. The molecule has 4 atom stereocenters. The molecule has 0 aliphatic heterocycles. The molecule has 30 heavy (non-hydrogen) atoms. The Morgan fingerprint density at radius 2 is 1.90 bits per heavy atom. The van der Waals surface area contributed by atoms with Crippen LogP contribution in [0.4, 0.5) is 19.0 Å². The predicted molar refractivity (Wildman–Crippen MR) is 106 cm³/mol. The molecular weight excluding hydrogens is 395 g/mol. The molecule has 2 unspecified atom stereocenters. The Kier molecular flexibility index (Phi) is 4.82. The number of amides is 1. The number of pyridine rings is 1. The van der Waals surface area contributed by atoms with Crippen molar-refractivity contribution >= 4 is 11.7 Å². The molecule has 162 valence electrons. The second kappa shape index (κ2) is 6.99. The number of rotatable bonds is 4. The van der Waals surface area contributed by atoms with Crippen molar-refractivity contribution in [3.8, 4) is 11.3 Å². The highest BCUT2D eigenvalue weighted by molar-refractivity contribution is 5.73. The number of aromatic nitrogens is 3. The fourth-order valence-electron chi connectivity index (χ4n) is 4.88. The second-order valence-corrected chi connectivity index (χ2v) is 8.76. The van der Waals surface area contributed by atoms with Gasteiger partial charge in [-0.15, -0.1) is 0 Å². The minimum Gasteiger partial charge on any atom is -0.383 e. The molecule has 2 aromatic rings. The van der Waals surface area contributed by atoms with Crippen molar-refractivity contribution in [2.45, 2.75) is 57.8 Å². The first-order valence-electron chi connectivity index (χ1n) is 10.1. The number of fused-ring (bicyclic) bond motifs is 1. The van der Waals surface area contributed by atoms with Crippen LogP contribution in [0.1, 0.15) is 56.8 Å². The lowest BCUT2D eigenvalue weighted by molar-refractivity contribution is -0.137. The molecule has 2 heterocycles. The Morgan fingerprint density at radius 3 is 2.43 bits per heavy atom. The van der Waals surface area contributed by atoms with Gasteiger partial charge in [-0.3, -0.25) is 9.48 Å². The normalized spacial score (nSPS) is 25.5. The standard InChI is InChI=1S/C21H26F3N5O/c1-10(2)29-18(19-14-6-13(7-15(14)19)28(4)11(3)30)8-17(27-29)12-5-16(21(22,23)24)20(25)26-9-12/h5,8-10,13-15,19H,6-7H2,1-4H3,(H2,25,26)/t13?,14-,15+,19?. The van der Waals surface area contributed by atoms with E-state index in [1.165, 1.54) is 6.20 Å². The maximum absolute atomic E-state index is 13.2. The third-order valence-electron chi connectivity index (χ3n) is 6.58. The van der Waals surface area contributed by atoms with Crippen LogP contribution < -0.4 is 5.73 Å². The summed E-state index contributed by atoms with van der Waals surface area (Å²) < 4.78 is 41.6. The predicted octanol–water partition coefficient (Wildman–Crippen LogP) is 4.10. The molecule has 6 nitrogen and oxygen atoms in total. The Balaban J connectivity index is 1.62. The van der Waals surface area contributed by atoms with Crippen molar-refractivity contribution in [2.24, 2.45) is 11.8 Å². The van der Waals surface area contributed by atoms with Gasteiger partial charge in [0.1, 0.15) is 5.82 Å². The number of anilines is 1. The topological polar surface area (TPSA) is 77.0 Å². The molecule has 0 aromatic carbocycles. The maximum atomic E-state index is 13.2. The lowest BCUT2D eigenvalue weighted by Gasteiger charge is -2.25. The van der Waals surface area contributed by atoms with E-state index in [4.69, 9.17) is 5.73 Å². The number of hydrogen-bond acceptors (Lipinski definition) is 4. The smallest absolute Gasteiger partial charge is 0.383 e. The fraction of sp³-hybridized carbons (Fsp3) is 0.571. The molecule has 1 amide bonds. The van der Waals surface area contributed by atoms with E-state index in [-0.39, 0.29) is 18.0 Å². The summed E-state index contributed by atoms with van der Waals surface area (Å²) in [7, 11) is 1.84. The third kappa shape index (κ3) is 3.44. The molecule has 4 rings (SSSR count). The highest BCUT2D eigenvalue weighted by Crippen LogP contribution is 2.64. The summed E-state index contributed by atoms with van der Waals surface area (Å²) in [5.41, 5.74) is 6.31. The highest BCUT2D eigenvalue weighted by Gasteiger charge is 2.58. The minimum absolute atomic E-state index is 0.0728. The van der Waals surface area contributed by atoms with Gasteiger partial charge < -0.3 is 10.6 Å². The molecule has 2 fully saturated rings. The molecule has 0 saturated heterocycles. The van der Waals surface area contributed by atoms with Gasteiger partial charge in [0.2, 0.25) is 5.91 Å². The van der Waals surface area contributed by atoms with Gasteiger partial charge >= 0.3 is 6.18 Å². The zero-order valence-corrected chi connectivity index (χ0v) is 17.4. The molecule has 2 aliphatic carbocycles. The number of hydrogen-bond donors (Lipinski definition) is 1. The van der Waals surface area contributed by atoms with Crippen molar-refractivity contribution in [3.63, 3.8) is 0 Å². The maximum Gasteiger partial charge on any atom is 0.419 e. The third-order valence-corrected chi connectivity index (χ3v) is 6.58. The zero-order chi connectivity index (χ0) is 22.0. The summed E-state index contributed by atoms with van der Waals surface area (Å²) in [6.45, 7) is 5.59.